The summed E-state index contributed by atoms with van der Waals surface area (Å²) in [4.78, 5) is 4.49. The topological polar surface area (TPSA) is 17.8 Å². The number of hydrogen-bond acceptors (Lipinski definition) is 2. The van der Waals surface area contributed by atoms with Crippen molar-refractivity contribution in [3.8, 4) is 16.9 Å². The molecule has 0 spiro atoms. The van der Waals surface area contributed by atoms with Gasteiger partial charge in [-0.25, -0.2) is 9.37 Å². The molecule has 0 radical (unpaired) electrons. The Morgan fingerprint density at radius 2 is 1.65 bits per heavy atom. The maximum absolute atomic E-state index is 13.3. The number of aryl methyl sites for hydroxylation is 1. The van der Waals surface area contributed by atoms with Gasteiger partial charge in [-0.05, 0) is 42.8 Å². The van der Waals surface area contributed by atoms with Crippen LogP contribution in [0, 0.1) is 12.7 Å². The SMILES string of the molecule is Cc1ccc(-c2cnc(SCc3ccc(F)cc3)n2-c2cccc(C(F)(F)F)c2)cc1. The predicted molar refractivity (Wildman–Crippen MR) is 115 cm³/mol. The lowest BCUT2D eigenvalue weighted by atomic mass is 10.1. The molecule has 0 aliphatic carbocycles. The molecule has 0 fully saturated rings. The minimum absolute atomic E-state index is 0.319. The standard InChI is InChI=1S/C24H18F4N2S/c1-16-5-9-18(10-6-16)22-14-29-23(31-15-17-7-11-20(25)12-8-17)30(22)21-4-2-3-19(13-21)24(26,27)28/h2-14H,15H2,1H3. The minimum atomic E-state index is -4.44. The first-order valence-corrected chi connectivity index (χ1v) is 10.5. The van der Waals surface area contributed by atoms with E-state index in [2.05, 4.69) is 4.98 Å². The van der Waals surface area contributed by atoms with E-state index >= 15 is 0 Å². The van der Waals surface area contributed by atoms with Gasteiger partial charge in [-0.3, -0.25) is 4.57 Å². The molecule has 3 aromatic carbocycles. The fraction of sp³-hybridized carbons (Fsp3) is 0.125. The highest BCUT2D eigenvalue weighted by Gasteiger charge is 2.31. The van der Waals surface area contributed by atoms with Gasteiger partial charge in [0.15, 0.2) is 5.16 Å². The summed E-state index contributed by atoms with van der Waals surface area (Å²) in [6.07, 6.45) is -2.78. The monoisotopic (exact) mass is 442 g/mol. The van der Waals surface area contributed by atoms with E-state index in [9.17, 15) is 17.6 Å². The zero-order valence-electron chi connectivity index (χ0n) is 16.5. The van der Waals surface area contributed by atoms with Gasteiger partial charge in [0.25, 0.3) is 0 Å². The van der Waals surface area contributed by atoms with Gasteiger partial charge < -0.3 is 0 Å². The number of hydrogen-bond donors (Lipinski definition) is 0. The third-order valence-electron chi connectivity index (χ3n) is 4.79. The van der Waals surface area contributed by atoms with E-state index in [4.69, 9.17) is 0 Å². The molecule has 1 aromatic heterocycles. The molecular weight excluding hydrogens is 424 g/mol. The zero-order chi connectivity index (χ0) is 22.0. The minimum Gasteiger partial charge on any atom is -0.287 e. The Labute approximate surface area is 181 Å². The van der Waals surface area contributed by atoms with Crippen molar-refractivity contribution in [2.75, 3.05) is 0 Å². The van der Waals surface area contributed by atoms with Gasteiger partial charge in [0.2, 0.25) is 0 Å². The molecule has 0 bridgehead atoms. The van der Waals surface area contributed by atoms with Crippen LogP contribution < -0.4 is 0 Å². The van der Waals surface area contributed by atoms with Crippen molar-refractivity contribution in [3.63, 3.8) is 0 Å². The van der Waals surface area contributed by atoms with Crippen LogP contribution in [0.5, 0.6) is 0 Å². The van der Waals surface area contributed by atoms with Crippen LogP contribution >= 0.6 is 11.8 Å². The average Bonchev–Trinajstić information content (AvgIpc) is 3.17. The van der Waals surface area contributed by atoms with E-state index in [1.165, 1.54) is 30.0 Å². The van der Waals surface area contributed by atoms with Gasteiger partial charge in [-0.2, -0.15) is 13.2 Å². The fourth-order valence-electron chi connectivity index (χ4n) is 3.16. The Kier molecular flexibility index (Phi) is 5.87. The summed E-state index contributed by atoms with van der Waals surface area (Å²) < 4.78 is 54.9. The molecule has 1 heterocycles. The van der Waals surface area contributed by atoms with Crippen molar-refractivity contribution >= 4 is 11.8 Å². The summed E-state index contributed by atoms with van der Waals surface area (Å²) >= 11 is 1.38. The average molecular weight is 442 g/mol. The Morgan fingerprint density at radius 1 is 0.935 bits per heavy atom. The molecule has 0 aliphatic heterocycles. The first-order valence-electron chi connectivity index (χ1n) is 9.51. The Hall–Kier alpha value is -3.06. The molecular formula is C24H18F4N2S. The molecule has 0 amide bonds. The highest BCUT2D eigenvalue weighted by molar-refractivity contribution is 7.98. The second-order valence-electron chi connectivity index (χ2n) is 7.09. The van der Waals surface area contributed by atoms with Gasteiger partial charge >= 0.3 is 6.18 Å². The third-order valence-corrected chi connectivity index (χ3v) is 5.81. The maximum atomic E-state index is 13.3. The molecule has 0 saturated carbocycles. The first kappa shape index (κ1) is 21.2. The molecule has 31 heavy (non-hydrogen) atoms. The summed E-state index contributed by atoms with van der Waals surface area (Å²) in [5, 5.41) is 0.555. The number of imidazole rings is 1. The van der Waals surface area contributed by atoms with Gasteiger partial charge in [0.1, 0.15) is 5.82 Å². The van der Waals surface area contributed by atoms with E-state index in [1.54, 1.807) is 29.0 Å². The smallest absolute Gasteiger partial charge is 0.287 e. The molecule has 4 aromatic rings. The van der Waals surface area contributed by atoms with Crippen molar-refractivity contribution in [2.24, 2.45) is 0 Å². The van der Waals surface area contributed by atoms with E-state index in [0.29, 0.717) is 22.3 Å². The highest BCUT2D eigenvalue weighted by atomic mass is 32.2. The van der Waals surface area contributed by atoms with Crippen LogP contribution in [0.25, 0.3) is 16.9 Å². The predicted octanol–water partition coefficient (Wildman–Crippen LogP) is 7.30. The molecule has 0 saturated heterocycles. The van der Waals surface area contributed by atoms with Gasteiger partial charge in [-0.1, -0.05) is 59.8 Å². The van der Waals surface area contributed by atoms with E-state index in [1.807, 2.05) is 31.2 Å². The molecule has 7 heteroatoms. The number of benzene rings is 3. The fourth-order valence-corrected chi connectivity index (χ4v) is 4.11. The number of rotatable bonds is 5. The maximum Gasteiger partial charge on any atom is 0.416 e. The Morgan fingerprint density at radius 3 is 2.32 bits per heavy atom. The normalized spacial score (nSPS) is 11.6. The zero-order valence-corrected chi connectivity index (χ0v) is 17.3. The summed E-state index contributed by atoms with van der Waals surface area (Å²) in [6.45, 7) is 1.97. The largest absolute Gasteiger partial charge is 0.416 e. The molecule has 0 unspecified atom stereocenters. The van der Waals surface area contributed by atoms with Crippen molar-refractivity contribution < 1.29 is 17.6 Å². The molecule has 0 aliphatic rings. The lowest BCUT2D eigenvalue weighted by Crippen LogP contribution is -2.07. The van der Waals surface area contributed by atoms with Crippen LogP contribution in [-0.2, 0) is 11.9 Å². The Bertz CT molecular complexity index is 1180. The lowest BCUT2D eigenvalue weighted by Gasteiger charge is -2.15. The second kappa shape index (κ2) is 8.59. The number of thioether (sulfide) groups is 1. The second-order valence-corrected chi connectivity index (χ2v) is 8.03. The molecule has 2 nitrogen and oxygen atoms in total. The van der Waals surface area contributed by atoms with Crippen molar-refractivity contribution in [3.05, 3.63) is 102 Å². The quantitative estimate of drug-likeness (QED) is 0.238. The van der Waals surface area contributed by atoms with Gasteiger partial charge in [0.05, 0.1) is 17.5 Å². The summed E-state index contributed by atoms with van der Waals surface area (Å²) in [5.74, 6) is 0.185. The third kappa shape index (κ3) is 4.82. The van der Waals surface area contributed by atoms with Crippen LogP contribution in [0.15, 0.2) is 84.1 Å². The van der Waals surface area contributed by atoms with E-state index < -0.39 is 11.7 Å². The molecule has 4 rings (SSSR count). The summed E-state index contributed by atoms with van der Waals surface area (Å²) in [6, 6.07) is 19.1. The van der Waals surface area contributed by atoms with Crippen LogP contribution in [-0.4, -0.2) is 9.55 Å². The summed E-state index contributed by atoms with van der Waals surface area (Å²) in [7, 11) is 0. The Balaban J connectivity index is 1.77. The van der Waals surface area contributed by atoms with E-state index in [-0.39, 0.29) is 5.82 Å². The number of aromatic nitrogens is 2. The molecule has 0 atom stereocenters. The van der Waals surface area contributed by atoms with Crippen molar-refractivity contribution in [2.45, 2.75) is 24.0 Å². The summed E-state index contributed by atoms with van der Waals surface area (Å²) in [5.41, 5.74) is 3.18. The number of alkyl halides is 3. The molecule has 0 N–H and O–H groups in total. The van der Waals surface area contributed by atoms with Gasteiger partial charge in [-0.15, -0.1) is 0 Å². The van der Waals surface area contributed by atoms with Crippen LogP contribution in [0.4, 0.5) is 17.6 Å². The van der Waals surface area contributed by atoms with Gasteiger partial charge in [0, 0.05) is 17.0 Å². The highest BCUT2D eigenvalue weighted by Crippen LogP contribution is 2.35. The van der Waals surface area contributed by atoms with E-state index in [0.717, 1.165) is 28.8 Å². The van der Waals surface area contributed by atoms with Crippen LogP contribution in [0.3, 0.4) is 0 Å². The van der Waals surface area contributed by atoms with Crippen molar-refractivity contribution in [1.29, 1.82) is 0 Å². The molecule has 158 valence electrons. The first-order chi connectivity index (χ1) is 14.8. The van der Waals surface area contributed by atoms with Crippen LogP contribution in [0.1, 0.15) is 16.7 Å². The number of nitrogens with zero attached hydrogens (tertiary/aromatic N) is 2. The van der Waals surface area contributed by atoms with Crippen molar-refractivity contribution in [1.82, 2.24) is 9.55 Å². The lowest BCUT2D eigenvalue weighted by molar-refractivity contribution is -0.137. The number of halogens is 4. The van der Waals surface area contributed by atoms with Crippen LogP contribution in [0.2, 0.25) is 0 Å².